The summed E-state index contributed by atoms with van der Waals surface area (Å²) < 4.78 is 5.40. The molecule has 0 radical (unpaired) electrons. The van der Waals surface area contributed by atoms with Gasteiger partial charge < -0.3 is 10.1 Å². The molecule has 0 bridgehead atoms. The highest BCUT2D eigenvalue weighted by molar-refractivity contribution is 7.14. The number of benzene rings is 2. The van der Waals surface area contributed by atoms with Crippen molar-refractivity contribution >= 4 is 34.0 Å². The maximum atomic E-state index is 12.2. The SMILES string of the molecule is CCOc1ccc(CC(=O)Nc2nc(-c3ccccc3Cl)cs2)cc1. The summed E-state index contributed by atoms with van der Waals surface area (Å²) in [5.41, 5.74) is 2.53. The van der Waals surface area contributed by atoms with Gasteiger partial charge in [-0.15, -0.1) is 11.3 Å². The highest BCUT2D eigenvalue weighted by atomic mass is 35.5. The number of carbonyl (C=O) groups is 1. The van der Waals surface area contributed by atoms with Crippen LogP contribution < -0.4 is 10.1 Å². The lowest BCUT2D eigenvalue weighted by molar-refractivity contribution is -0.115. The van der Waals surface area contributed by atoms with Crippen LogP contribution in [0.25, 0.3) is 11.3 Å². The molecule has 0 unspecified atom stereocenters. The number of nitrogens with zero attached hydrogens (tertiary/aromatic N) is 1. The highest BCUT2D eigenvalue weighted by Crippen LogP contribution is 2.30. The summed E-state index contributed by atoms with van der Waals surface area (Å²) in [6.07, 6.45) is 0.285. The average Bonchev–Trinajstić information content (AvgIpc) is 3.05. The summed E-state index contributed by atoms with van der Waals surface area (Å²) >= 11 is 7.56. The molecule has 0 aliphatic carbocycles. The normalized spacial score (nSPS) is 10.5. The van der Waals surface area contributed by atoms with Gasteiger partial charge in [0.15, 0.2) is 5.13 Å². The molecule has 6 heteroatoms. The fourth-order valence-corrected chi connectivity index (χ4v) is 3.30. The third-order valence-electron chi connectivity index (χ3n) is 3.50. The van der Waals surface area contributed by atoms with Crippen molar-refractivity contribution in [3.63, 3.8) is 0 Å². The van der Waals surface area contributed by atoms with E-state index in [1.807, 2.05) is 60.8 Å². The van der Waals surface area contributed by atoms with E-state index in [1.165, 1.54) is 11.3 Å². The molecule has 2 aromatic carbocycles. The molecular formula is C19H17ClN2O2S. The first-order valence-electron chi connectivity index (χ1n) is 7.87. The molecule has 0 aliphatic heterocycles. The topological polar surface area (TPSA) is 51.2 Å². The van der Waals surface area contributed by atoms with Crippen LogP contribution in [-0.4, -0.2) is 17.5 Å². The Hall–Kier alpha value is -2.37. The van der Waals surface area contributed by atoms with Crippen LogP contribution in [0.3, 0.4) is 0 Å². The Labute approximate surface area is 155 Å². The number of anilines is 1. The number of ether oxygens (including phenoxy) is 1. The monoisotopic (exact) mass is 372 g/mol. The number of aromatic nitrogens is 1. The first-order chi connectivity index (χ1) is 12.2. The van der Waals surface area contributed by atoms with E-state index in [0.29, 0.717) is 16.8 Å². The Morgan fingerprint density at radius 3 is 2.68 bits per heavy atom. The Bertz CT molecular complexity index is 862. The molecular weight excluding hydrogens is 356 g/mol. The predicted octanol–water partition coefficient (Wildman–Crippen LogP) is 5.04. The molecule has 0 aliphatic rings. The summed E-state index contributed by atoms with van der Waals surface area (Å²) in [5.74, 6) is 0.695. The van der Waals surface area contributed by atoms with E-state index in [1.54, 1.807) is 0 Å². The first-order valence-corrected chi connectivity index (χ1v) is 9.13. The number of amides is 1. The second-order valence-electron chi connectivity index (χ2n) is 5.32. The van der Waals surface area contributed by atoms with Crippen molar-refractivity contribution in [1.29, 1.82) is 0 Å². The van der Waals surface area contributed by atoms with Crippen molar-refractivity contribution in [2.24, 2.45) is 0 Å². The van der Waals surface area contributed by atoms with E-state index in [9.17, 15) is 4.79 Å². The zero-order chi connectivity index (χ0) is 17.6. The van der Waals surface area contributed by atoms with Crippen LogP contribution in [0.4, 0.5) is 5.13 Å². The van der Waals surface area contributed by atoms with Crippen LogP contribution in [0, 0.1) is 0 Å². The lowest BCUT2D eigenvalue weighted by Gasteiger charge is -2.05. The highest BCUT2D eigenvalue weighted by Gasteiger charge is 2.10. The Balaban J connectivity index is 1.63. The summed E-state index contributed by atoms with van der Waals surface area (Å²) in [7, 11) is 0. The van der Waals surface area contributed by atoms with Crippen LogP contribution >= 0.6 is 22.9 Å². The van der Waals surface area contributed by atoms with Gasteiger partial charge in [-0.25, -0.2) is 4.98 Å². The predicted molar refractivity (Wildman–Crippen MR) is 103 cm³/mol. The minimum atomic E-state index is -0.107. The maximum absolute atomic E-state index is 12.2. The zero-order valence-electron chi connectivity index (χ0n) is 13.7. The molecule has 3 aromatic rings. The van der Waals surface area contributed by atoms with Gasteiger partial charge in [-0.05, 0) is 30.7 Å². The van der Waals surface area contributed by atoms with Gasteiger partial charge in [-0.1, -0.05) is 41.9 Å². The Morgan fingerprint density at radius 1 is 1.20 bits per heavy atom. The lowest BCUT2D eigenvalue weighted by atomic mass is 10.1. The van der Waals surface area contributed by atoms with Crippen molar-refractivity contribution in [3.05, 3.63) is 64.5 Å². The fraction of sp³-hybridized carbons (Fsp3) is 0.158. The molecule has 25 heavy (non-hydrogen) atoms. The van der Waals surface area contributed by atoms with Crippen LogP contribution in [0.5, 0.6) is 5.75 Å². The van der Waals surface area contributed by atoms with Crippen LogP contribution in [0.1, 0.15) is 12.5 Å². The summed E-state index contributed by atoms with van der Waals surface area (Å²) in [5, 5.41) is 5.92. The number of thiazole rings is 1. The van der Waals surface area contributed by atoms with Crippen molar-refractivity contribution < 1.29 is 9.53 Å². The molecule has 0 atom stereocenters. The molecule has 4 nitrogen and oxygen atoms in total. The van der Waals surface area contributed by atoms with Gasteiger partial charge in [0.1, 0.15) is 5.75 Å². The third kappa shape index (κ3) is 4.59. The number of rotatable bonds is 6. The number of carbonyl (C=O) groups excluding carboxylic acids is 1. The second kappa shape index (κ2) is 8.14. The molecule has 0 saturated heterocycles. The fourth-order valence-electron chi connectivity index (χ4n) is 2.34. The van der Waals surface area contributed by atoms with E-state index < -0.39 is 0 Å². The van der Waals surface area contributed by atoms with Gasteiger partial charge in [-0.3, -0.25) is 4.79 Å². The largest absolute Gasteiger partial charge is 0.494 e. The number of nitrogens with one attached hydrogen (secondary N) is 1. The van der Waals surface area contributed by atoms with Crippen molar-refractivity contribution in [2.75, 3.05) is 11.9 Å². The van der Waals surface area contributed by atoms with Gasteiger partial charge in [0, 0.05) is 16.0 Å². The van der Waals surface area contributed by atoms with Crippen LogP contribution in [0.2, 0.25) is 5.02 Å². The van der Waals surface area contributed by atoms with Crippen LogP contribution in [-0.2, 0) is 11.2 Å². The molecule has 3 rings (SSSR count). The molecule has 0 saturated carbocycles. The van der Waals surface area contributed by atoms with Crippen molar-refractivity contribution in [3.8, 4) is 17.0 Å². The number of hydrogen-bond donors (Lipinski definition) is 1. The molecule has 1 aromatic heterocycles. The minimum absolute atomic E-state index is 0.107. The van der Waals surface area contributed by atoms with Crippen molar-refractivity contribution in [2.45, 2.75) is 13.3 Å². The Kier molecular flexibility index (Phi) is 5.68. The molecule has 0 fully saturated rings. The average molecular weight is 373 g/mol. The van der Waals surface area contributed by atoms with Crippen LogP contribution in [0.15, 0.2) is 53.9 Å². The molecule has 1 amide bonds. The molecule has 1 heterocycles. The Morgan fingerprint density at radius 2 is 1.96 bits per heavy atom. The maximum Gasteiger partial charge on any atom is 0.230 e. The lowest BCUT2D eigenvalue weighted by Crippen LogP contribution is -2.14. The number of hydrogen-bond acceptors (Lipinski definition) is 4. The zero-order valence-corrected chi connectivity index (χ0v) is 15.2. The first kappa shape index (κ1) is 17.5. The number of halogens is 1. The molecule has 1 N–H and O–H groups in total. The van der Waals surface area contributed by atoms with Gasteiger partial charge in [0.05, 0.1) is 18.7 Å². The van der Waals surface area contributed by atoms with E-state index >= 15 is 0 Å². The van der Waals surface area contributed by atoms with Gasteiger partial charge in [-0.2, -0.15) is 0 Å². The second-order valence-corrected chi connectivity index (χ2v) is 6.58. The van der Waals surface area contributed by atoms with Gasteiger partial charge >= 0.3 is 0 Å². The standard InChI is InChI=1S/C19H17ClN2O2S/c1-2-24-14-9-7-13(8-10-14)11-18(23)22-19-21-17(12-25-19)15-5-3-4-6-16(15)20/h3-10,12H,2,11H2,1H3,(H,21,22,23). The third-order valence-corrected chi connectivity index (χ3v) is 4.59. The summed E-state index contributed by atoms with van der Waals surface area (Å²) in [6, 6.07) is 15.0. The van der Waals surface area contributed by atoms with E-state index in [-0.39, 0.29) is 12.3 Å². The molecule has 128 valence electrons. The van der Waals surface area contributed by atoms with E-state index in [0.717, 1.165) is 22.6 Å². The molecule has 0 spiro atoms. The summed E-state index contributed by atoms with van der Waals surface area (Å²) in [4.78, 5) is 16.6. The minimum Gasteiger partial charge on any atom is -0.494 e. The van der Waals surface area contributed by atoms with E-state index in [2.05, 4.69) is 10.3 Å². The van der Waals surface area contributed by atoms with Gasteiger partial charge in [0.2, 0.25) is 5.91 Å². The van der Waals surface area contributed by atoms with Crippen molar-refractivity contribution in [1.82, 2.24) is 4.98 Å². The quantitative estimate of drug-likeness (QED) is 0.659. The van der Waals surface area contributed by atoms with Gasteiger partial charge in [0.25, 0.3) is 0 Å². The summed E-state index contributed by atoms with van der Waals surface area (Å²) in [6.45, 7) is 2.56. The smallest absolute Gasteiger partial charge is 0.230 e. The van der Waals surface area contributed by atoms with E-state index in [4.69, 9.17) is 16.3 Å².